The first-order chi connectivity index (χ1) is 9.88. The third kappa shape index (κ3) is 3.81. The molecule has 21 heavy (non-hydrogen) atoms. The standard InChI is InChI=1S/C13H6Br2ClNO4/c14-7-1-4-12(11(5-7)17(19)20)21-8-2-3-10(15)9(6-8)13(16)18/h1-6H. The molecule has 0 amide bonds. The van der Waals surface area contributed by atoms with Crippen molar-refractivity contribution in [3.8, 4) is 11.5 Å². The molecule has 0 spiro atoms. The van der Waals surface area contributed by atoms with E-state index in [0.717, 1.165) is 0 Å². The normalized spacial score (nSPS) is 10.2. The number of ether oxygens (including phenoxy) is 1. The van der Waals surface area contributed by atoms with Gasteiger partial charge < -0.3 is 4.74 Å². The molecule has 0 aliphatic heterocycles. The van der Waals surface area contributed by atoms with Crippen LogP contribution in [0.2, 0.25) is 0 Å². The van der Waals surface area contributed by atoms with Gasteiger partial charge in [0.25, 0.3) is 5.24 Å². The van der Waals surface area contributed by atoms with Crippen LogP contribution in [0.15, 0.2) is 45.3 Å². The molecule has 2 aromatic carbocycles. The maximum atomic E-state index is 11.3. The van der Waals surface area contributed by atoms with Gasteiger partial charge in [0.1, 0.15) is 5.75 Å². The lowest BCUT2D eigenvalue weighted by molar-refractivity contribution is -0.385. The Labute approximate surface area is 141 Å². The van der Waals surface area contributed by atoms with Crippen LogP contribution in [0.25, 0.3) is 0 Å². The second-order valence-electron chi connectivity index (χ2n) is 3.89. The highest BCUT2D eigenvalue weighted by Crippen LogP contribution is 2.35. The minimum Gasteiger partial charge on any atom is -0.450 e. The monoisotopic (exact) mass is 433 g/mol. The van der Waals surface area contributed by atoms with Crippen LogP contribution in [0, 0.1) is 10.1 Å². The molecule has 0 radical (unpaired) electrons. The molecule has 0 heterocycles. The lowest BCUT2D eigenvalue weighted by Gasteiger charge is -2.08. The number of nitro groups is 1. The van der Waals surface area contributed by atoms with Gasteiger partial charge in [-0.2, -0.15) is 0 Å². The molecule has 0 saturated carbocycles. The van der Waals surface area contributed by atoms with E-state index in [1.54, 1.807) is 18.2 Å². The van der Waals surface area contributed by atoms with Gasteiger partial charge in [0.2, 0.25) is 5.75 Å². The van der Waals surface area contributed by atoms with Crippen LogP contribution in [0.5, 0.6) is 11.5 Å². The smallest absolute Gasteiger partial charge is 0.312 e. The molecule has 2 rings (SSSR count). The zero-order valence-corrected chi connectivity index (χ0v) is 14.1. The highest BCUT2D eigenvalue weighted by molar-refractivity contribution is 9.10. The number of benzene rings is 2. The third-order valence-electron chi connectivity index (χ3n) is 2.50. The summed E-state index contributed by atoms with van der Waals surface area (Å²) >= 11 is 11.8. The molecule has 5 nitrogen and oxygen atoms in total. The van der Waals surface area contributed by atoms with Crippen LogP contribution in [-0.2, 0) is 0 Å². The fraction of sp³-hybridized carbons (Fsp3) is 0. The summed E-state index contributed by atoms with van der Waals surface area (Å²) in [5.74, 6) is 0.339. The Kier molecular flexibility index (Phi) is 4.97. The van der Waals surface area contributed by atoms with Crippen molar-refractivity contribution in [1.29, 1.82) is 0 Å². The number of rotatable bonds is 4. The van der Waals surface area contributed by atoms with E-state index in [1.165, 1.54) is 18.2 Å². The van der Waals surface area contributed by atoms with Crippen molar-refractivity contribution in [2.24, 2.45) is 0 Å². The van der Waals surface area contributed by atoms with Crippen molar-refractivity contribution in [3.63, 3.8) is 0 Å². The van der Waals surface area contributed by atoms with Crippen molar-refractivity contribution in [3.05, 3.63) is 61.0 Å². The Hall–Kier alpha value is -1.44. The number of halogens is 3. The quantitative estimate of drug-likeness (QED) is 0.372. The van der Waals surface area contributed by atoms with E-state index in [1.807, 2.05) is 0 Å². The molecule has 0 aromatic heterocycles. The van der Waals surface area contributed by atoms with Crippen molar-refractivity contribution in [2.45, 2.75) is 0 Å². The van der Waals surface area contributed by atoms with E-state index in [4.69, 9.17) is 16.3 Å². The van der Waals surface area contributed by atoms with Gasteiger partial charge in [0.15, 0.2) is 0 Å². The Morgan fingerprint density at radius 1 is 1.19 bits per heavy atom. The van der Waals surface area contributed by atoms with Gasteiger partial charge in [-0.05, 0) is 57.9 Å². The maximum absolute atomic E-state index is 11.3. The van der Waals surface area contributed by atoms with Crippen LogP contribution in [0.3, 0.4) is 0 Å². The Bertz CT molecular complexity index is 736. The number of carbonyl (C=O) groups is 1. The summed E-state index contributed by atoms with van der Waals surface area (Å²) in [6, 6.07) is 8.98. The molecule has 108 valence electrons. The lowest BCUT2D eigenvalue weighted by atomic mass is 10.2. The van der Waals surface area contributed by atoms with Crippen molar-refractivity contribution < 1.29 is 14.5 Å². The van der Waals surface area contributed by atoms with Gasteiger partial charge >= 0.3 is 5.69 Å². The highest BCUT2D eigenvalue weighted by atomic mass is 79.9. The third-order valence-corrected chi connectivity index (χ3v) is 3.88. The Balaban J connectivity index is 2.41. The largest absolute Gasteiger partial charge is 0.450 e. The number of hydrogen-bond donors (Lipinski definition) is 0. The van der Waals surface area contributed by atoms with Crippen LogP contribution in [-0.4, -0.2) is 10.2 Å². The van der Waals surface area contributed by atoms with E-state index in [2.05, 4.69) is 31.9 Å². The van der Waals surface area contributed by atoms with Crippen LogP contribution in [0.1, 0.15) is 10.4 Å². The predicted octanol–water partition coefficient (Wildman–Crippen LogP) is 5.29. The molecule has 0 unspecified atom stereocenters. The van der Waals surface area contributed by atoms with Crippen molar-refractivity contribution >= 4 is 54.4 Å². The molecular formula is C13H6Br2ClNO4. The summed E-state index contributed by atoms with van der Waals surface area (Å²) in [5, 5.41) is 10.4. The molecule has 8 heteroatoms. The number of nitro benzene ring substituents is 1. The molecule has 0 fully saturated rings. The molecule has 0 bridgehead atoms. The first kappa shape index (κ1) is 15.9. The molecule has 0 saturated heterocycles. The second kappa shape index (κ2) is 6.55. The second-order valence-corrected chi connectivity index (χ2v) is 6.00. The molecule has 0 aliphatic rings. The summed E-state index contributed by atoms with van der Waals surface area (Å²) in [6.45, 7) is 0. The predicted molar refractivity (Wildman–Crippen MR) is 85.2 cm³/mol. The molecule has 0 atom stereocenters. The molecule has 0 aliphatic carbocycles. The lowest BCUT2D eigenvalue weighted by Crippen LogP contribution is -1.95. The molecule has 2 aromatic rings. The van der Waals surface area contributed by atoms with Crippen molar-refractivity contribution in [2.75, 3.05) is 0 Å². The van der Waals surface area contributed by atoms with E-state index >= 15 is 0 Å². The van der Waals surface area contributed by atoms with Gasteiger partial charge in [-0.15, -0.1) is 0 Å². The molecule has 0 N–H and O–H groups in total. The van der Waals surface area contributed by atoms with Crippen LogP contribution in [0.4, 0.5) is 5.69 Å². The Morgan fingerprint density at radius 3 is 2.52 bits per heavy atom. The fourth-order valence-electron chi connectivity index (χ4n) is 1.56. The number of carbonyl (C=O) groups excluding carboxylic acids is 1. The summed E-state index contributed by atoms with van der Waals surface area (Å²) in [5.41, 5.74) is 0.0278. The summed E-state index contributed by atoms with van der Waals surface area (Å²) in [7, 11) is 0. The van der Waals surface area contributed by atoms with Gasteiger partial charge in [-0.1, -0.05) is 15.9 Å². The minimum absolute atomic E-state index is 0.0680. The summed E-state index contributed by atoms with van der Waals surface area (Å²) in [4.78, 5) is 21.7. The first-order valence-electron chi connectivity index (χ1n) is 5.49. The minimum atomic E-state index is -0.655. The zero-order chi connectivity index (χ0) is 15.6. The van der Waals surface area contributed by atoms with Crippen LogP contribution >= 0.6 is 43.5 Å². The zero-order valence-electron chi connectivity index (χ0n) is 10.2. The van der Waals surface area contributed by atoms with E-state index < -0.39 is 10.2 Å². The topological polar surface area (TPSA) is 69.4 Å². The highest BCUT2D eigenvalue weighted by Gasteiger charge is 2.17. The van der Waals surface area contributed by atoms with E-state index in [9.17, 15) is 14.9 Å². The van der Waals surface area contributed by atoms with Gasteiger partial charge in [0, 0.05) is 15.0 Å². The van der Waals surface area contributed by atoms with Gasteiger partial charge in [-0.25, -0.2) is 0 Å². The summed E-state index contributed by atoms with van der Waals surface area (Å²) in [6.07, 6.45) is 0. The average Bonchev–Trinajstić information content (AvgIpc) is 2.42. The van der Waals surface area contributed by atoms with E-state index in [-0.39, 0.29) is 22.7 Å². The van der Waals surface area contributed by atoms with Crippen LogP contribution < -0.4 is 4.74 Å². The number of hydrogen-bond acceptors (Lipinski definition) is 4. The molecular weight excluding hydrogens is 429 g/mol. The van der Waals surface area contributed by atoms with E-state index in [0.29, 0.717) is 8.95 Å². The maximum Gasteiger partial charge on any atom is 0.312 e. The summed E-state index contributed by atoms with van der Waals surface area (Å²) < 4.78 is 6.56. The Morgan fingerprint density at radius 2 is 1.90 bits per heavy atom. The van der Waals surface area contributed by atoms with Crippen molar-refractivity contribution in [1.82, 2.24) is 0 Å². The number of nitrogens with zero attached hydrogens (tertiary/aromatic N) is 1. The van der Waals surface area contributed by atoms with Gasteiger partial charge in [-0.3, -0.25) is 14.9 Å². The SMILES string of the molecule is O=C(Cl)c1cc(Oc2ccc(Br)cc2[N+](=O)[O-])ccc1Br. The fourth-order valence-corrected chi connectivity index (χ4v) is 2.61. The van der Waals surface area contributed by atoms with Gasteiger partial charge in [0.05, 0.1) is 10.5 Å². The average molecular weight is 435 g/mol. The first-order valence-corrected chi connectivity index (χ1v) is 7.46.